The second kappa shape index (κ2) is 9.60. The minimum absolute atomic E-state index is 0.0214. The van der Waals surface area contributed by atoms with Crippen LogP contribution in [0.5, 0.6) is 0 Å². The maximum atomic E-state index is 11.8. The standard InChI is InChI=1S/C18H27NO3S/c1-18(2,3)14-8-10-15(11-9-14)23-13-16(20)19-12-6-4-5-7-17(21)22/h8-11H,4-7,12-13H2,1-3H3,(H,19,20)(H,21,22). The predicted molar refractivity (Wildman–Crippen MR) is 95.0 cm³/mol. The van der Waals surface area contributed by atoms with Gasteiger partial charge in [-0.1, -0.05) is 39.3 Å². The van der Waals surface area contributed by atoms with Crippen LogP contribution in [0.4, 0.5) is 0 Å². The highest BCUT2D eigenvalue weighted by molar-refractivity contribution is 8.00. The van der Waals surface area contributed by atoms with E-state index in [2.05, 4.69) is 50.4 Å². The quantitative estimate of drug-likeness (QED) is 0.531. The molecule has 0 aliphatic heterocycles. The zero-order valence-corrected chi connectivity index (χ0v) is 15.0. The van der Waals surface area contributed by atoms with Crippen LogP contribution in [0, 0.1) is 0 Å². The number of thioether (sulfide) groups is 1. The largest absolute Gasteiger partial charge is 0.481 e. The van der Waals surface area contributed by atoms with Crippen LogP contribution < -0.4 is 5.32 Å². The smallest absolute Gasteiger partial charge is 0.303 e. The van der Waals surface area contributed by atoms with Crippen LogP contribution in [0.15, 0.2) is 29.2 Å². The molecule has 0 spiro atoms. The highest BCUT2D eigenvalue weighted by atomic mass is 32.2. The fourth-order valence-electron chi connectivity index (χ4n) is 2.06. The Morgan fingerprint density at radius 2 is 1.74 bits per heavy atom. The summed E-state index contributed by atoms with van der Waals surface area (Å²) in [4.78, 5) is 23.2. The molecule has 0 heterocycles. The Balaban J connectivity index is 2.19. The lowest BCUT2D eigenvalue weighted by Gasteiger charge is -2.19. The van der Waals surface area contributed by atoms with Gasteiger partial charge in [0, 0.05) is 17.9 Å². The van der Waals surface area contributed by atoms with E-state index in [0.717, 1.165) is 17.7 Å². The van der Waals surface area contributed by atoms with Crippen LogP contribution in [0.3, 0.4) is 0 Å². The van der Waals surface area contributed by atoms with Gasteiger partial charge in [-0.15, -0.1) is 11.8 Å². The molecule has 0 aromatic heterocycles. The molecule has 0 radical (unpaired) electrons. The number of unbranched alkanes of at least 4 members (excludes halogenated alkanes) is 2. The summed E-state index contributed by atoms with van der Waals surface area (Å²) in [6, 6.07) is 8.35. The first kappa shape index (κ1) is 19.6. The molecule has 0 fully saturated rings. The van der Waals surface area contributed by atoms with Crippen molar-refractivity contribution >= 4 is 23.6 Å². The molecule has 0 saturated carbocycles. The molecule has 1 amide bonds. The van der Waals surface area contributed by atoms with E-state index in [9.17, 15) is 9.59 Å². The Bertz CT molecular complexity index is 506. The molecule has 4 nitrogen and oxygen atoms in total. The lowest BCUT2D eigenvalue weighted by atomic mass is 9.87. The molecule has 0 bridgehead atoms. The van der Waals surface area contributed by atoms with E-state index in [1.807, 2.05) is 0 Å². The maximum Gasteiger partial charge on any atom is 0.303 e. The third-order valence-corrected chi connectivity index (χ3v) is 4.49. The summed E-state index contributed by atoms with van der Waals surface area (Å²) in [7, 11) is 0. The van der Waals surface area contributed by atoms with Gasteiger partial charge in [-0.05, 0) is 36.0 Å². The number of carboxylic acids is 1. The summed E-state index contributed by atoms with van der Waals surface area (Å²) >= 11 is 1.53. The summed E-state index contributed by atoms with van der Waals surface area (Å²) in [5.74, 6) is -0.333. The van der Waals surface area contributed by atoms with Crippen molar-refractivity contribution in [2.75, 3.05) is 12.3 Å². The van der Waals surface area contributed by atoms with Crippen LogP contribution in [0.1, 0.15) is 52.0 Å². The Hall–Kier alpha value is -1.49. The van der Waals surface area contributed by atoms with Gasteiger partial charge >= 0.3 is 5.97 Å². The second-order valence-electron chi connectivity index (χ2n) is 6.62. The van der Waals surface area contributed by atoms with Gasteiger partial charge in [0.2, 0.25) is 5.91 Å². The first-order valence-corrected chi connectivity index (χ1v) is 8.99. The average molecular weight is 337 g/mol. The number of carbonyl (C=O) groups excluding carboxylic acids is 1. The van der Waals surface area contributed by atoms with Crippen LogP contribution in [-0.2, 0) is 15.0 Å². The summed E-state index contributed by atoms with van der Waals surface area (Å²) in [6.45, 7) is 7.15. The summed E-state index contributed by atoms with van der Waals surface area (Å²) in [6.07, 6.45) is 2.52. The van der Waals surface area contributed by atoms with Gasteiger partial charge in [0.1, 0.15) is 0 Å². The van der Waals surface area contributed by atoms with Gasteiger partial charge in [0.05, 0.1) is 5.75 Å². The molecule has 0 atom stereocenters. The van der Waals surface area contributed by atoms with E-state index in [4.69, 9.17) is 5.11 Å². The van der Waals surface area contributed by atoms with E-state index >= 15 is 0 Å². The SMILES string of the molecule is CC(C)(C)c1ccc(SCC(=O)NCCCCCC(=O)O)cc1. The fraction of sp³-hybridized carbons (Fsp3) is 0.556. The van der Waals surface area contributed by atoms with Gasteiger partial charge in [0.15, 0.2) is 0 Å². The van der Waals surface area contributed by atoms with Gasteiger partial charge in [0.25, 0.3) is 0 Å². The van der Waals surface area contributed by atoms with Crippen molar-refractivity contribution in [3.8, 4) is 0 Å². The molecule has 0 aliphatic rings. The van der Waals surface area contributed by atoms with Crippen molar-refractivity contribution in [2.45, 2.75) is 56.8 Å². The maximum absolute atomic E-state index is 11.8. The van der Waals surface area contributed by atoms with Crippen LogP contribution >= 0.6 is 11.8 Å². The van der Waals surface area contributed by atoms with E-state index in [-0.39, 0.29) is 17.7 Å². The number of aliphatic carboxylic acids is 1. The average Bonchev–Trinajstić information content (AvgIpc) is 2.48. The van der Waals surface area contributed by atoms with E-state index in [1.165, 1.54) is 17.3 Å². The number of hydrogen-bond donors (Lipinski definition) is 2. The number of amides is 1. The number of carbonyl (C=O) groups is 2. The molecule has 5 heteroatoms. The third kappa shape index (κ3) is 8.65. The summed E-state index contributed by atoms with van der Waals surface area (Å²) in [5.41, 5.74) is 1.42. The molecule has 1 rings (SSSR count). The topological polar surface area (TPSA) is 66.4 Å². The van der Waals surface area contributed by atoms with E-state index in [1.54, 1.807) is 0 Å². The lowest BCUT2D eigenvalue weighted by molar-refractivity contribution is -0.137. The first-order chi connectivity index (χ1) is 10.8. The molecular formula is C18H27NO3S. The third-order valence-electron chi connectivity index (χ3n) is 3.48. The Morgan fingerprint density at radius 1 is 1.09 bits per heavy atom. The van der Waals surface area contributed by atoms with Crippen molar-refractivity contribution in [1.29, 1.82) is 0 Å². The molecule has 23 heavy (non-hydrogen) atoms. The highest BCUT2D eigenvalue weighted by Gasteiger charge is 2.13. The van der Waals surface area contributed by atoms with E-state index < -0.39 is 5.97 Å². The molecule has 128 valence electrons. The van der Waals surface area contributed by atoms with Crippen molar-refractivity contribution in [1.82, 2.24) is 5.32 Å². The van der Waals surface area contributed by atoms with Crippen LogP contribution in [-0.4, -0.2) is 29.3 Å². The van der Waals surface area contributed by atoms with Crippen LogP contribution in [0.2, 0.25) is 0 Å². The zero-order valence-electron chi connectivity index (χ0n) is 14.2. The van der Waals surface area contributed by atoms with Gasteiger partial charge < -0.3 is 10.4 Å². The highest BCUT2D eigenvalue weighted by Crippen LogP contribution is 2.25. The fourth-order valence-corrected chi connectivity index (χ4v) is 2.79. The van der Waals surface area contributed by atoms with Crippen molar-refractivity contribution in [2.24, 2.45) is 0 Å². The molecule has 1 aromatic carbocycles. The predicted octanol–water partition coefficient (Wildman–Crippen LogP) is 3.84. The van der Waals surface area contributed by atoms with Crippen LogP contribution in [0.25, 0.3) is 0 Å². The molecule has 0 aliphatic carbocycles. The minimum atomic E-state index is -0.761. The molecule has 2 N–H and O–H groups in total. The Labute approximate surface area is 143 Å². The lowest BCUT2D eigenvalue weighted by Crippen LogP contribution is -2.26. The molecule has 0 unspecified atom stereocenters. The summed E-state index contributed by atoms with van der Waals surface area (Å²) in [5, 5.41) is 11.4. The monoisotopic (exact) mass is 337 g/mol. The minimum Gasteiger partial charge on any atom is -0.481 e. The Morgan fingerprint density at radius 3 is 2.30 bits per heavy atom. The number of benzene rings is 1. The molecule has 1 aromatic rings. The zero-order chi connectivity index (χ0) is 17.3. The second-order valence-corrected chi connectivity index (χ2v) is 7.67. The molecule has 0 saturated heterocycles. The molecular weight excluding hydrogens is 310 g/mol. The summed E-state index contributed by atoms with van der Waals surface area (Å²) < 4.78 is 0. The number of carboxylic acid groups (broad SMARTS) is 1. The van der Waals surface area contributed by atoms with E-state index in [0.29, 0.717) is 18.7 Å². The van der Waals surface area contributed by atoms with Crippen molar-refractivity contribution < 1.29 is 14.7 Å². The van der Waals surface area contributed by atoms with Crippen molar-refractivity contribution in [3.63, 3.8) is 0 Å². The Kier molecular flexibility index (Phi) is 8.17. The number of rotatable bonds is 9. The van der Waals surface area contributed by atoms with Gasteiger partial charge in [-0.2, -0.15) is 0 Å². The van der Waals surface area contributed by atoms with Gasteiger partial charge in [-0.25, -0.2) is 0 Å². The van der Waals surface area contributed by atoms with Crippen molar-refractivity contribution in [3.05, 3.63) is 29.8 Å². The normalized spacial score (nSPS) is 11.3. The first-order valence-electron chi connectivity index (χ1n) is 8.01. The van der Waals surface area contributed by atoms with Gasteiger partial charge in [-0.3, -0.25) is 9.59 Å². The number of hydrogen-bond acceptors (Lipinski definition) is 3. The number of nitrogens with one attached hydrogen (secondary N) is 1.